The van der Waals surface area contributed by atoms with Gasteiger partial charge in [-0.1, -0.05) is 76.7 Å². The fourth-order valence-electron chi connectivity index (χ4n) is 8.98. The van der Waals surface area contributed by atoms with Crippen molar-refractivity contribution in [3.05, 3.63) is 23.3 Å². The molecule has 1 heteroatoms. The van der Waals surface area contributed by atoms with Crippen LogP contribution in [0.25, 0.3) is 0 Å². The Balaban J connectivity index is 0.000000671. The zero-order chi connectivity index (χ0) is 28.1. The molecule has 0 aliphatic heterocycles. The van der Waals surface area contributed by atoms with Gasteiger partial charge in [0.2, 0.25) is 0 Å². The molecule has 0 aromatic rings. The summed E-state index contributed by atoms with van der Waals surface area (Å²) in [5, 5.41) is 7.00. The highest BCUT2D eigenvalue weighted by molar-refractivity contribution is 5.08. The van der Waals surface area contributed by atoms with Gasteiger partial charge in [0.1, 0.15) is 0 Å². The van der Waals surface area contributed by atoms with Gasteiger partial charge in [-0.15, -0.1) is 0 Å². The molecule has 0 amide bonds. The lowest BCUT2D eigenvalue weighted by molar-refractivity contribution is -0.111. The molecule has 0 radical (unpaired) electrons. The second-order valence-corrected chi connectivity index (χ2v) is 13.5. The molecule has 37 heavy (non-hydrogen) atoms. The van der Waals surface area contributed by atoms with Gasteiger partial charge in [-0.3, -0.25) is 0 Å². The van der Waals surface area contributed by atoms with Crippen LogP contribution >= 0.6 is 0 Å². The van der Waals surface area contributed by atoms with E-state index in [9.17, 15) is 0 Å². The first-order valence-corrected chi connectivity index (χ1v) is 16.4. The summed E-state index contributed by atoms with van der Waals surface area (Å²) in [6.45, 7) is 20.1. The molecule has 4 aliphatic rings. The molecule has 4 rings (SSSR count). The van der Waals surface area contributed by atoms with Crippen molar-refractivity contribution in [2.75, 3.05) is 7.11 Å². The Hall–Kier alpha value is -0.560. The SMILES string of the molecule is CC.CC(C)=CCCCCCC1CCC2C3CCC4CCCCC4(C)C3CCC12C.CC=C(C)C.CO. The monoisotopic (exact) mass is 517 g/mol. The van der Waals surface area contributed by atoms with E-state index >= 15 is 0 Å². The Labute approximate surface area is 234 Å². The summed E-state index contributed by atoms with van der Waals surface area (Å²) in [5.74, 6) is 5.35. The lowest BCUT2D eigenvalue weighted by Gasteiger charge is -2.60. The molecule has 0 spiro atoms. The molecule has 1 nitrogen and oxygen atoms in total. The van der Waals surface area contributed by atoms with Gasteiger partial charge in [0.15, 0.2) is 0 Å². The largest absolute Gasteiger partial charge is 0.400 e. The first-order chi connectivity index (χ1) is 17.7. The quantitative estimate of drug-likeness (QED) is 0.275. The number of hydrogen-bond acceptors (Lipinski definition) is 1. The zero-order valence-electron chi connectivity index (χ0n) is 27.1. The Bertz CT molecular complexity index is 666. The van der Waals surface area contributed by atoms with Crippen LogP contribution in [0.3, 0.4) is 0 Å². The van der Waals surface area contributed by atoms with Crippen LogP contribution in [0, 0.1) is 40.4 Å². The van der Waals surface area contributed by atoms with E-state index in [-0.39, 0.29) is 0 Å². The van der Waals surface area contributed by atoms with E-state index in [1.165, 1.54) is 56.1 Å². The van der Waals surface area contributed by atoms with E-state index < -0.39 is 0 Å². The molecule has 0 bridgehead atoms. The van der Waals surface area contributed by atoms with Gasteiger partial charge in [0.05, 0.1) is 0 Å². The summed E-state index contributed by atoms with van der Waals surface area (Å²) in [6, 6.07) is 0. The second-order valence-electron chi connectivity index (χ2n) is 13.5. The standard InChI is InChI=1S/C28H48.C5H10.C2H6.CH4O/c1-21(2)11-7-5-6-8-12-23-15-17-25-24-16-14-22-13-9-10-19-27(22,3)26(24)18-20-28(23,25)4;1-4-5(2)3;2*1-2/h11,22-26H,5-10,12-20H2,1-4H3;4H,1-3H3;1-2H3;2H,1H3. The van der Waals surface area contributed by atoms with Crippen molar-refractivity contribution in [1.82, 2.24) is 0 Å². The minimum Gasteiger partial charge on any atom is -0.400 e. The van der Waals surface area contributed by atoms with Gasteiger partial charge in [-0.2, -0.15) is 0 Å². The van der Waals surface area contributed by atoms with Crippen molar-refractivity contribution >= 4 is 0 Å². The third-order valence-corrected chi connectivity index (χ3v) is 11.2. The van der Waals surface area contributed by atoms with Crippen LogP contribution in [0.4, 0.5) is 0 Å². The van der Waals surface area contributed by atoms with E-state index in [1.807, 2.05) is 20.8 Å². The van der Waals surface area contributed by atoms with Crippen LogP contribution in [0.1, 0.15) is 159 Å². The van der Waals surface area contributed by atoms with E-state index in [2.05, 4.69) is 53.7 Å². The summed E-state index contributed by atoms with van der Waals surface area (Å²) < 4.78 is 0. The van der Waals surface area contributed by atoms with Crippen molar-refractivity contribution < 1.29 is 5.11 Å². The van der Waals surface area contributed by atoms with Gasteiger partial charge in [0, 0.05) is 7.11 Å². The first kappa shape index (κ1) is 34.5. The zero-order valence-corrected chi connectivity index (χ0v) is 27.1. The van der Waals surface area contributed by atoms with E-state index in [0.29, 0.717) is 10.8 Å². The summed E-state index contributed by atoms with van der Waals surface area (Å²) in [4.78, 5) is 0. The third kappa shape index (κ3) is 8.98. The summed E-state index contributed by atoms with van der Waals surface area (Å²) >= 11 is 0. The first-order valence-electron chi connectivity index (χ1n) is 16.4. The highest BCUT2D eigenvalue weighted by Crippen LogP contribution is 2.67. The van der Waals surface area contributed by atoms with Crippen molar-refractivity contribution in [2.24, 2.45) is 40.4 Å². The Morgan fingerprint density at radius 3 is 2.00 bits per heavy atom. The normalized spacial score (nSPS) is 35.4. The van der Waals surface area contributed by atoms with Crippen molar-refractivity contribution in [3.63, 3.8) is 0 Å². The molecule has 0 saturated heterocycles. The topological polar surface area (TPSA) is 20.2 Å². The maximum atomic E-state index is 7.00. The molecule has 1 N–H and O–H groups in total. The average Bonchev–Trinajstić information content (AvgIpc) is 3.24. The van der Waals surface area contributed by atoms with E-state index in [4.69, 9.17) is 5.11 Å². The lowest BCUT2D eigenvalue weighted by atomic mass is 9.45. The molecule has 0 aromatic heterocycles. The van der Waals surface area contributed by atoms with Crippen molar-refractivity contribution in [3.8, 4) is 0 Å². The molecule has 0 aromatic carbocycles. The van der Waals surface area contributed by atoms with Crippen LogP contribution in [0.2, 0.25) is 0 Å². The fourth-order valence-corrected chi connectivity index (χ4v) is 8.98. The molecule has 218 valence electrons. The maximum absolute atomic E-state index is 7.00. The van der Waals surface area contributed by atoms with E-state index in [0.717, 1.165) is 36.7 Å². The maximum Gasteiger partial charge on any atom is 0.0319 e. The highest BCUT2D eigenvalue weighted by atomic mass is 16.2. The van der Waals surface area contributed by atoms with Gasteiger partial charge in [-0.05, 0) is 146 Å². The predicted molar refractivity (Wildman–Crippen MR) is 167 cm³/mol. The van der Waals surface area contributed by atoms with Crippen LogP contribution < -0.4 is 0 Å². The van der Waals surface area contributed by atoms with Crippen LogP contribution in [-0.2, 0) is 0 Å². The van der Waals surface area contributed by atoms with Crippen molar-refractivity contribution in [1.29, 1.82) is 0 Å². The van der Waals surface area contributed by atoms with Gasteiger partial charge < -0.3 is 5.11 Å². The fraction of sp³-hybridized carbons (Fsp3) is 0.889. The highest BCUT2D eigenvalue weighted by Gasteiger charge is 2.59. The van der Waals surface area contributed by atoms with Crippen LogP contribution in [0.5, 0.6) is 0 Å². The van der Waals surface area contributed by atoms with Crippen molar-refractivity contribution in [2.45, 2.75) is 159 Å². The van der Waals surface area contributed by atoms with Gasteiger partial charge in [0.25, 0.3) is 0 Å². The van der Waals surface area contributed by atoms with Crippen LogP contribution in [0.15, 0.2) is 23.3 Å². The van der Waals surface area contributed by atoms with Crippen LogP contribution in [-0.4, -0.2) is 12.2 Å². The molecule has 0 heterocycles. The molecule has 4 aliphatic carbocycles. The lowest BCUT2D eigenvalue weighted by Crippen LogP contribution is -2.52. The number of aliphatic hydroxyl groups is 1. The number of rotatable bonds is 6. The second kappa shape index (κ2) is 17.2. The number of allylic oxidation sites excluding steroid dienone is 4. The molecular weight excluding hydrogens is 448 g/mol. The molecule has 7 atom stereocenters. The smallest absolute Gasteiger partial charge is 0.0319 e. The van der Waals surface area contributed by atoms with Gasteiger partial charge >= 0.3 is 0 Å². The Morgan fingerprint density at radius 2 is 1.38 bits per heavy atom. The van der Waals surface area contributed by atoms with Gasteiger partial charge in [-0.25, -0.2) is 0 Å². The Morgan fingerprint density at radius 1 is 0.730 bits per heavy atom. The molecular formula is C36H68O. The molecule has 7 unspecified atom stereocenters. The number of aliphatic hydroxyl groups excluding tert-OH is 1. The van der Waals surface area contributed by atoms with E-state index in [1.54, 1.807) is 51.4 Å². The number of hydrogen-bond donors (Lipinski definition) is 1. The predicted octanol–water partition coefficient (Wildman–Crippen LogP) is 11.6. The molecule has 4 fully saturated rings. The number of unbranched alkanes of at least 4 members (excludes halogenated alkanes) is 3. The summed E-state index contributed by atoms with van der Waals surface area (Å²) in [6.07, 6.45) is 27.2. The summed E-state index contributed by atoms with van der Waals surface area (Å²) in [7, 11) is 1.00. The molecule has 4 saturated carbocycles. The summed E-state index contributed by atoms with van der Waals surface area (Å²) in [5.41, 5.74) is 4.28. The number of fused-ring (bicyclic) bond motifs is 5. The Kier molecular flexibility index (Phi) is 16.0. The third-order valence-electron chi connectivity index (χ3n) is 11.2. The minimum atomic E-state index is 0.693. The average molecular weight is 517 g/mol. The minimum absolute atomic E-state index is 0.693.